The molecule has 0 spiro atoms. The maximum atomic E-state index is 12.4. The smallest absolute Gasteiger partial charge is 0.328 e. The number of carbonyl (C=O) groups is 3. The lowest BCUT2D eigenvalue weighted by Crippen LogP contribution is -2.48. The Kier molecular flexibility index (Phi) is 5.87. The normalized spacial score (nSPS) is 11.8. The number of halogens is 2. The summed E-state index contributed by atoms with van der Waals surface area (Å²) in [5, 5.41) is 15.2. The summed E-state index contributed by atoms with van der Waals surface area (Å²) in [6.07, 6.45) is 1.75. The van der Waals surface area contributed by atoms with E-state index in [2.05, 4.69) is 15.6 Å². The first-order chi connectivity index (χ1) is 13.4. The number of carboxylic acid groups (broad SMARTS) is 1. The molecule has 1 atom stereocenters. The highest BCUT2D eigenvalue weighted by molar-refractivity contribution is 6.39. The number of benzene rings is 2. The molecule has 0 saturated carbocycles. The number of aliphatic carboxylic acids is 1. The van der Waals surface area contributed by atoms with E-state index in [4.69, 9.17) is 23.2 Å². The van der Waals surface area contributed by atoms with E-state index < -0.39 is 23.8 Å². The highest BCUT2D eigenvalue weighted by atomic mass is 35.5. The van der Waals surface area contributed by atoms with Gasteiger partial charge >= 0.3 is 5.97 Å². The first-order valence-corrected chi connectivity index (χ1v) is 8.95. The summed E-state index contributed by atoms with van der Waals surface area (Å²) in [5.74, 6) is -2.51. The fraction of sp³-hybridized carbons (Fsp3) is 0.105. The third-order valence-corrected chi connectivity index (χ3v) is 4.71. The van der Waals surface area contributed by atoms with Gasteiger partial charge in [-0.05, 0) is 36.4 Å². The predicted molar refractivity (Wildman–Crippen MR) is 106 cm³/mol. The van der Waals surface area contributed by atoms with Gasteiger partial charge in [0.2, 0.25) is 0 Å². The number of nitrogens with one attached hydrogen (secondary N) is 3. The molecule has 0 radical (unpaired) electrons. The number of carbonyl (C=O) groups excluding carboxylic acids is 2. The van der Waals surface area contributed by atoms with Crippen LogP contribution in [0.3, 0.4) is 0 Å². The van der Waals surface area contributed by atoms with Gasteiger partial charge in [-0.2, -0.15) is 0 Å². The summed E-state index contributed by atoms with van der Waals surface area (Å²) >= 11 is 11.9. The minimum Gasteiger partial charge on any atom is -0.480 e. The number of carboxylic acids is 1. The van der Waals surface area contributed by atoms with Crippen LogP contribution in [0.15, 0.2) is 48.7 Å². The average molecular weight is 420 g/mol. The van der Waals surface area contributed by atoms with Gasteiger partial charge in [-0.15, -0.1) is 0 Å². The number of fused-ring (bicyclic) bond motifs is 1. The number of hydrogen-bond acceptors (Lipinski definition) is 3. The minimum absolute atomic E-state index is 0.0266. The van der Waals surface area contributed by atoms with Crippen molar-refractivity contribution in [2.75, 3.05) is 6.54 Å². The predicted octanol–water partition coefficient (Wildman–Crippen LogP) is 3.09. The Morgan fingerprint density at radius 1 is 1.04 bits per heavy atom. The zero-order chi connectivity index (χ0) is 20.3. The molecule has 0 aliphatic carbocycles. The number of aromatic nitrogens is 1. The van der Waals surface area contributed by atoms with Crippen molar-refractivity contribution in [2.24, 2.45) is 0 Å². The Labute approximate surface area is 169 Å². The first kappa shape index (κ1) is 19.7. The molecule has 28 heavy (non-hydrogen) atoms. The van der Waals surface area contributed by atoms with Crippen molar-refractivity contribution in [1.29, 1.82) is 0 Å². The number of amides is 2. The standard InChI is InChI=1S/C19H15Cl2N3O4/c20-12-2-1-3-13(21)16(12)18(26)24-15(19(27)28)9-23-17(25)11-4-5-14-10(8-11)6-7-22-14/h1-8,15,22H,9H2,(H,23,25)(H,24,26)(H,27,28)/t15-/m0/s1. The van der Waals surface area contributed by atoms with Gasteiger partial charge in [0.15, 0.2) is 0 Å². The molecule has 0 fully saturated rings. The van der Waals surface area contributed by atoms with E-state index in [1.54, 1.807) is 30.5 Å². The van der Waals surface area contributed by atoms with Crippen molar-refractivity contribution in [3.05, 3.63) is 69.8 Å². The van der Waals surface area contributed by atoms with Gasteiger partial charge in [-0.1, -0.05) is 29.3 Å². The summed E-state index contributed by atoms with van der Waals surface area (Å²) in [4.78, 5) is 39.2. The average Bonchev–Trinajstić information content (AvgIpc) is 3.12. The third kappa shape index (κ3) is 4.27. The number of rotatable bonds is 6. The molecule has 7 nitrogen and oxygen atoms in total. The molecule has 2 amide bonds. The van der Waals surface area contributed by atoms with Crippen LogP contribution in [-0.4, -0.2) is 40.5 Å². The van der Waals surface area contributed by atoms with E-state index >= 15 is 0 Å². The number of aromatic amines is 1. The minimum atomic E-state index is -1.36. The van der Waals surface area contributed by atoms with Gasteiger partial charge in [0.1, 0.15) is 6.04 Å². The second-order valence-corrected chi connectivity index (χ2v) is 6.77. The molecule has 0 aliphatic heterocycles. The van der Waals surface area contributed by atoms with E-state index in [0.717, 1.165) is 10.9 Å². The molecule has 144 valence electrons. The Bertz CT molecular complexity index is 1040. The number of hydrogen-bond donors (Lipinski definition) is 4. The van der Waals surface area contributed by atoms with E-state index in [-0.39, 0.29) is 22.2 Å². The molecule has 2 aromatic carbocycles. The van der Waals surface area contributed by atoms with Gasteiger partial charge in [-0.3, -0.25) is 9.59 Å². The van der Waals surface area contributed by atoms with Crippen LogP contribution in [0.1, 0.15) is 20.7 Å². The molecule has 0 aliphatic rings. The molecule has 3 aromatic rings. The summed E-state index contributed by atoms with van der Waals surface area (Å²) < 4.78 is 0. The first-order valence-electron chi connectivity index (χ1n) is 8.20. The van der Waals surface area contributed by atoms with Gasteiger partial charge in [0.05, 0.1) is 15.6 Å². The molecule has 9 heteroatoms. The fourth-order valence-electron chi connectivity index (χ4n) is 2.64. The molecular weight excluding hydrogens is 405 g/mol. The van der Waals surface area contributed by atoms with Crippen LogP contribution < -0.4 is 10.6 Å². The topological polar surface area (TPSA) is 111 Å². The SMILES string of the molecule is O=C(NC[C@H](NC(=O)c1c(Cl)cccc1Cl)C(=O)O)c1ccc2[nH]ccc2c1. The zero-order valence-electron chi connectivity index (χ0n) is 14.3. The van der Waals surface area contributed by atoms with E-state index in [0.29, 0.717) is 5.56 Å². The Hall–Kier alpha value is -3.03. The van der Waals surface area contributed by atoms with Crippen molar-refractivity contribution in [3.63, 3.8) is 0 Å². The largest absolute Gasteiger partial charge is 0.480 e. The monoisotopic (exact) mass is 419 g/mol. The maximum absolute atomic E-state index is 12.4. The Balaban J connectivity index is 1.68. The molecular formula is C19H15Cl2N3O4. The van der Waals surface area contributed by atoms with Crippen LogP contribution in [0.5, 0.6) is 0 Å². The summed E-state index contributed by atoms with van der Waals surface area (Å²) in [6, 6.07) is 10.0. The molecule has 0 bridgehead atoms. The van der Waals surface area contributed by atoms with Gasteiger partial charge in [-0.25, -0.2) is 4.79 Å². The van der Waals surface area contributed by atoms with Crippen LogP contribution in [0, 0.1) is 0 Å². The van der Waals surface area contributed by atoms with Crippen molar-refractivity contribution in [1.82, 2.24) is 15.6 Å². The fourth-order valence-corrected chi connectivity index (χ4v) is 3.21. The Morgan fingerprint density at radius 3 is 2.43 bits per heavy atom. The third-order valence-electron chi connectivity index (χ3n) is 4.08. The second-order valence-electron chi connectivity index (χ2n) is 5.95. The van der Waals surface area contributed by atoms with Gasteiger partial charge in [0.25, 0.3) is 11.8 Å². The zero-order valence-corrected chi connectivity index (χ0v) is 15.8. The van der Waals surface area contributed by atoms with Gasteiger partial charge < -0.3 is 20.7 Å². The van der Waals surface area contributed by atoms with E-state index in [1.807, 2.05) is 6.07 Å². The van der Waals surface area contributed by atoms with Crippen molar-refractivity contribution in [3.8, 4) is 0 Å². The quantitative estimate of drug-likeness (QED) is 0.491. The lowest BCUT2D eigenvalue weighted by Gasteiger charge is -2.16. The van der Waals surface area contributed by atoms with E-state index in [1.165, 1.54) is 12.1 Å². The summed E-state index contributed by atoms with van der Waals surface area (Å²) in [5.41, 5.74) is 1.22. The maximum Gasteiger partial charge on any atom is 0.328 e. The lowest BCUT2D eigenvalue weighted by atomic mass is 10.1. The van der Waals surface area contributed by atoms with Gasteiger partial charge in [0, 0.05) is 29.2 Å². The second kappa shape index (κ2) is 8.33. The van der Waals surface area contributed by atoms with Crippen LogP contribution in [-0.2, 0) is 4.79 Å². The molecule has 4 N–H and O–H groups in total. The van der Waals surface area contributed by atoms with E-state index in [9.17, 15) is 19.5 Å². The molecule has 0 unspecified atom stereocenters. The lowest BCUT2D eigenvalue weighted by molar-refractivity contribution is -0.139. The highest BCUT2D eigenvalue weighted by Crippen LogP contribution is 2.24. The summed E-state index contributed by atoms with van der Waals surface area (Å²) in [7, 11) is 0. The van der Waals surface area contributed by atoms with Crippen LogP contribution in [0.4, 0.5) is 0 Å². The number of H-pyrrole nitrogens is 1. The van der Waals surface area contributed by atoms with Crippen LogP contribution in [0.2, 0.25) is 10.0 Å². The highest BCUT2D eigenvalue weighted by Gasteiger charge is 2.24. The van der Waals surface area contributed by atoms with Crippen LogP contribution in [0.25, 0.3) is 10.9 Å². The molecule has 1 heterocycles. The Morgan fingerprint density at radius 2 is 1.75 bits per heavy atom. The summed E-state index contributed by atoms with van der Waals surface area (Å²) in [6.45, 7) is -0.312. The molecule has 1 aromatic heterocycles. The molecule has 3 rings (SSSR count). The van der Waals surface area contributed by atoms with Crippen molar-refractivity contribution < 1.29 is 19.5 Å². The van der Waals surface area contributed by atoms with Crippen molar-refractivity contribution >= 4 is 51.9 Å². The molecule has 0 saturated heterocycles. The van der Waals surface area contributed by atoms with Crippen LogP contribution >= 0.6 is 23.2 Å². The van der Waals surface area contributed by atoms with Crippen molar-refractivity contribution in [2.45, 2.75) is 6.04 Å².